The Morgan fingerprint density at radius 3 is 1.76 bits per heavy atom. The molecule has 0 amide bonds. The van der Waals surface area contributed by atoms with E-state index in [0.717, 1.165) is 81.5 Å². The average molecular weight is 671 g/mol. The van der Waals surface area contributed by atoms with Crippen molar-refractivity contribution in [2.75, 3.05) is 55.5 Å². The maximum Gasteiger partial charge on any atom is 0.119 e. The highest BCUT2D eigenvalue weighted by Crippen LogP contribution is 2.46. The molecule has 0 saturated heterocycles. The second-order valence-electron chi connectivity index (χ2n) is 15.2. The molecule has 3 aromatic carbocycles. The van der Waals surface area contributed by atoms with Crippen LogP contribution < -0.4 is 9.47 Å². The van der Waals surface area contributed by atoms with Gasteiger partial charge in [-0.15, -0.1) is 6.58 Å². The molecule has 2 aliphatic rings. The summed E-state index contributed by atoms with van der Waals surface area (Å²) in [6.45, 7) is 7.78. The third-order valence-corrected chi connectivity index (χ3v) is 11.0. The Labute approximate surface area is 296 Å². The van der Waals surface area contributed by atoms with Crippen LogP contribution in [0.5, 0.6) is 11.5 Å². The van der Waals surface area contributed by atoms with Crippen molar-refractivity contribution in [3.63, 3.8) is 0 Å². The van der Waals surface area contributed by atoms with Gasteiger partial charge in [0.05, 0.1) is 25.4 Å². The molecule has 268 valence electrons. The largest absolute Gasteiger partial charge is 0.497 e. The summed E-state index contributed by atoms with van der Waals surface area (Å²) in [5.41, 5.74) is 3.49. The Kier molecular flexibility index (Phi) is 13.9. The molecule has 6 heteroatoms. The van der Waals surface area contributed by atoms with Gasteiger partial charge in [0, 0.05) is 24.9 Å². The van der Waals surface area contributed by atoms with E-state index in [0.29, 0.717) is 11.8 Å². The van der Waals surface area contributed by atoms with E-state index in [2.05, 4.69) is 106 Å². The van der Waals surface area contributed by atoms with Crippen LogP contribution in [-0.2, 0) is 18.4 Å². The van der Waals surface area contributed by atoms with Crippen LogP contribution in [0.3, 0.4) is 0 Å². The molecule has 0 heterocycles. The van der Waals surface area contributed by atoms with Crippen molar-refractivity contribution in [3.8, 4) is 11.5 Å². The quantitative estimate of drug-likeness (QED) is 0.194. The van der Waals surface area contributed by atoms with Crippen LogP contribution in [0.25, 0.3) is 0 Å². The first-order chi connectivity index (χ1) is 23.4. The number of nitrogens with zero attached hydrogens (tertiary/aromatic N) is 2. The van der Waals surface area contributed by atoms with Gasteiger partial charge in [0.1, 0.15) is 11.5 Å². The molecule has 0 aromatic heterocycles. The molecule has 2 fully saturated rings. The Bertz CT molecular complexity index is 1470. The third kappa shape index (κ3) is 10.4. The van der Waals surface area contributed by atoms with E-state index >= 15 is 0 Å². The van der Waals surface area contributed by atoms with Gasteiger partial charge >= 0.3 is 0 Å². The highest BCUT2D eigenvalue weighted by atomic mass is 16.5. The van der Waals surface area contributed by atoms with Crippen molar-refractivity contribution >= 4 is 0 Å². The molecule has 5 rings (SSSR count). The smallest absolute Gasteiger partial charge is 0.119 e. The van der Waals surface area contributed by atoms with Crippen LogP contribution in [0.4, 0.5) is 0 Å². The normalized spacial score (nSPS) is 26.9. The molecular formula is C43H62N2O4. The van der Waals surface area contributed by atoms with Crippen LogP contribution in [0.15, 0.2) is 85.5 Å². The fourth-order valence-electron chi connectivity index (χ4n) is 8.37. The predicted octanol–water partition coefficient (Wildman–Crippen LogP) is 7.54. The van der Waals surface area contributed by atoms with E-state index in [1.54, 1.807) is 20.3 Å². The lowest BCUT2D eigenvalue weighted by Crippen LogP contribution is -2.46. The average Bonchev–Trinajstić information content (AvgIpc) is 3.08. The van der Waals surface area contributed by atoms with Gasteiger partial charge in [-0.2, -0.15) is 0 Å². The van der Waals surface area contributed by atoms with E-state index in [4.69, 9.17) is 9.47 Å². The summed E-state index contributed by atoms with van der Waals surface area (Å²) >= 11 is 0. The van der Waals surface area contributed by atoms with Gasteiger partial charge in [0.2, 0.25) is 0 Å². The molecule has 49 heavy (non-hydrogen) atoms. The molecule has 2 N–H and O–H groups in total. The zero-order chi connectivity index (χ0) is 35.6. The van der Waals surface area contributed by atoms with Gasteiger partial charge in [-0.25, -0.2) is 0 Å². The van der Waals surface area contributed by atoms with E-state index in [9.17, 15) is 10.2 Å². The van der Waals surface area contributed by atoms with Gasteiger partial charge in [-0.05, 0) is 145 Å². The minimum absolute atomic E-state index is 0.234. The first-order valence-electron chi connectivity index (χ1n) is 18.1. The maximum atomic E-state index is 11.8. The van der Waals surface area contributed by atoms with Crippen molar-refractivity contribution < 1.29 is 19.7 Å². The maximum absolute atomic E-state index is 11.8. The number of benzene rings is 3. The summed E-state index contributed by atoms with van der Waals surface area (Å²) in [6, 6.07) is 25.0. The summed E-state index contributed by atoms with van der Waals surface area (Å²) in [5.74, 6) is 3.52. The summed E-state index contributed by atoms with van der Waals surface area (Å²) in [5, 5.41) is 22.5. The molecule has 0 spiro atoms. The monoisotopic (exact) mass is 670 g/mol. The molecule has 6 atom stereocenters. The highest BCUT2D eigenvalue weighted by molar-refractivity contribution is 5.33. The predicted molar refractivity (Wildman–Crippen MR) is 202 cm³/mol. The third-order valence-electron chi connectivity index (χ3n) is 11.0. The first-order valence-corrected chi connectivity index (χ1v) is 18.1. The van der Waals surface area contributed by atoms with Crippen molar-refractivity contribution in [2.24, 2.45) is 23.7 Å². The molecule has 6 nitrogen and oxygen atoms in total. The van der Waals surface area contributed by atoms with Crippen molar-refractivity contribution in [3.05, 3.63) is 108 Å². The minimum Gasteiger partial charge on any atom is -0.497 e. The number of hydrogen-bond acceptors (Lipinski definition) is 6. The lowest BCUT2D eigenvalue weighted by atomic mass is 9.66. The summed E-state index contributed by atoms with van der Waals surface area (Å²) in [4.78, 5) is 4.37. The minimum atomic E-state index is -0.736. The number of methoxy groups -OCH3 is 2. The van der Waals surface area contributed by atoms with E-state index in [1.807, 2.05) is 18.2 Å². The molecule has 0 bridgehead atoms. The summed E-state index contributed by atoms with van der Waals surface area (Å²) < 4.78 is 10.7. The van der Waals surface area contributed by atoms with Crippen LogP contribution in [0.1, 0.15) is 60.8 Å². The van der Waals surface area contributed by atoms with Crippen LogP contribution in [0, 0.1) is 30.6 Å². The van der Waals surface area contributed by atoms with Gasteiger partial charge in [-0.3, -0.25) is 0 Å². The molecule has 2 aliphatic carbocycles. The van der Waals surface area contributed by atoms with Gasteiger partial charge < -0.3 is 29.5 Å². The number of hydrogen-bond donors (Lipinski definition) is 2. The second-order valence-corrected chi connectivity index (χ2v) is 15.2. The van der Waals surface area contributed by atoms with Gasteiger partial charge in [0.25, 0.3) is 0 Å². The zero-order valence-corrected chi connectivity index (χ0v) is 31.2. The topological polar surface area (TPSA) is 65.4 Å². The molecule has 0 radical (unpaired) electrons. The SMILES string of the molecule is C=CC1(O)CCC(Cc2cccc(OC)c2)CC1CN(C)C.COc1cccc(CC2CCC(O)(c3ccccc3C)C(CN(C)C)C2)c1. The molecule has 2 saturated carbocycles. The number of rotatable bonds is 12. The van der Waals surface area contributed by atoms with Crippen LogP contribution in [-0.4, -0.2) is 81.1 Å². The van der Waals surface area contributed by atoms with Crippen molar-refractivity contribution in [1.29, 1.82) is 0 Å². The Balaban J connectivity index is 0.000000226. The molecule has 0 aliphatic heterocycles. The Morgan fingerprint density at radius 1 is 0.735 bits per heavy atom. The van der Waals surface area contributed by atoms with Crippen LogP contribution >= 0.6 is 0 Å². The Morgan fingerprint density at radius 2 is 1.24 bits per heavy atom. The number of aliphatic hydroxyl groups is 2. The van der Waals surface area contributed by atoms with Gasteiger partial charge in [0.15, 0.2) is 0 Å². The number of aryl methyl sites for hydroxylation is 1. The fraction of sp³-hybridized carbons (Fsp3) is 0.535. The first kappa shape index (κ1) is 38.6. The van der Waals surface area contributed by atoms with E-state index in [1.165, 1.54) is 16.7 Å². The van der Waals surface area contributed by atoms with E-state index in [-0.39, 0.29) is 11.8 Å². The van der Waals surface area contributed by atoms with E-state index < -0.39 is 11.2 Å². The van der Waals surface area contributed by atoms with Crippen molar-refractivity contribution in [1.82, 2.24) is 9.80 Å². The highest BCUT2D eigenvalue weighted by Gasteiger charge is 2.44. The lowest BCUT2D eigenvalue weighted by Gasteiger charge is -2.45. The summed E-state index contributed by atoms with van der Waals surface area (Å²) in [6.07, 6.45) is 9.66. The molecule has 3 aromatic rings. The standard InChI is InChI=1S/C24H33NO2.C19H29NO2/c1-18-8-5-6-11-23(18)24(26)13-12-20(15-21(24)17-25(2)3)14-19-9-7-10-22(16-19)27-4;1-5-19(21)10-9-16(12-17(19)14-20(2)3)11-15-7-6-8-18(13-15)22-4/h5-11,16,20-21,26H,12-15,17H2,1-4H3;5-8,13,16-17,21H,1,9-12,14H2,2-4H3. The fourth-order valence-corrected chi connectivity index (χ4v) is 8.37. The zero-order valence-electron chi connectivity index (χ0n) is 31.2. The van der Waals surface area contributed by atoms with Gasteiger partial charge in [-0.1, -0.05) is 54.6 Å². The second kappa shape index (κ2) is 17.7. The number of ether oxygens (including phenoxy) is 2. The lowest BCUT2D eigenvalue weighted by molar-refractivity contribution is -0.0756. The molecular weight excluding hydrogens is 608 g/mol. The Hall–Kier alpha value is -3.16. The molecule has 6 unspecified atom stereocenters. The van der Waals surface area contributed by atoms with Crippen molar-refractivity contribution in [2.45, 2.75) is 69.5 Å². The summed E-state index contributed by atoms with van der Waals surface area (Å²) in [7, 11) is 11.8. The van der Waals surface area contributed by atoms with Crippen LogP contribution in [0.2, 0.25) is 0 Å².